The summed E-state index contributed by atoms with van der Waals surface area (Å²) in [4.78, 5) is 12.7. The van der Waals surface area contributed by atoms with Crippen LogP contribution in [-0.4, -0.2) is 40.9 Å². The van der Waals surface area contributed by atoms with Gasteiger partial charge in [-0.2, -0.15) is 0 Å². The van der Waals surface area contributed by atoms with Gasteiger partial charge in [-0.1, -0.05) is 12.1 Å². The van der Waals surface area contributed by atoms with Crippen molar-refractivity contribution >= 4 is 21.6 Å². The van der Waals surface area contributed by atoms with E-state index in [1.807, 2.05) is 0 Å². The van der Waals surface area contributed by atoms with E-state index in [2.05, 4.69) is 5.32 Å². The molecular weight excluding hydrogens is 479 g/mol. The van der Waals surface area contributed by atoms with Crippen molar-refractivity contribution < 1.29 is 36.6 Å². The molecule has 35 heavy (non-hydrogen) atoms. The van der Waals surface area contributed by atoms with Crippen LogP contribution in [0.4, 0.5) is 10.1 Å². The third-order valence-electron chi connectivity index (χ3n) is 5.41. The fraction of sp³-hybridized carbons (Fsp3) is 0.208. The van der Waals surface area contributed by atoms with E-state index in [0.29, 0.717) is 23.9 Å². The molecule has 0 unspecified atom stereocenters. The second-order valence-electron chi connectivity index (χ2n) is 7.76. The second-order valence-corrected chi connectivity index (χ2v) is 9.62. The minimum Gasteiger partial charge on any atom is -0.486 e. The van der Waals surface area contributed by atoms with Crippen molar-refractivity contribution in [1.29, 1.82) is 0 Å². The number of fused-ring (bicyclic) bond motifs is 2. The van der Waals surface area contributed by atoms with Gasteiger partial charge in [-0.3, -0.25) is 9.10 Å². The van der Waals surface area contributed by atoms with Gasteiger partial charge in [0.15, 0.2) is 23.0 Å². The largest absolute Gasteiger partial charge is 0.486 e. The van der Waals surface area contributed by atoms with Gasteiger partial charge < -0.3 is 24.3 Å². The fourth-order valence-corrected chi connectivity index (χ4v) is 5.12. The first-order valence-corrected chi connectivity index (χ1v) is 12.2. The Kier molecular flexibility index (Phi) is 6.08. The molecule has 0 spiro atoms. The van der Waals surface area contributed by atoms with Crippen molar-refractivity contribution in [2.75, 3.05) is 30.9 Å². The summed E-state index contributed by atoms with van der Waals surface area (Å²) >= 11 is 0. The minimum absolute atomic E-state index is 0.0121. The maximum atomic E-state index is 14.0. The number of carbonyl (C=O) groups excluding carboxylic acids is 1. The van der Waals surface area contributed by atoms with Crippen molar-refractivity contribution in [3.63, 3.8) is 0 Å². The maximum Gasteiger partial charge on any atom is 0.264 e. The molecule has 3 aromatic rings. The normalized spacial score (nSPS) is 13.9. The number of hydrogen-bond acceptors (Lipinski definition) is 7. The summed E-state index contributed by atoms with van der Waals surface area (Å²) < 4.78 is 63.5. The molecule has 0 bridgehead atoms. The molecular formula is C24H21FN2O7S. The van der Waals surface area contributed by atoms with Gasteiger partial charge in [0.2, 0.25) is 12.7 Å². The molecule has 0 aromatic heterocycles. The lowest BCUT2D eigenvalue weighted by Gasteiger charge is -2.25. The number of carbonyl (C=O) groups is 1. The highest BCUT2D eigenvalue weighted by Crippen LogP contribution is 2.35. The number of anilines is 1. The molecule has 2 aliphatic heterocycles. The summed E-state index contributed by atoms with van der Waals surface area (Å²) in [6, 6.07) is 14.5. The highest BCUT2D eigenvalue weighted by molar-refractivity contribution is 7.92. The van der Waals surface area contributed by atoms with Gasteiger partial charge in [-0.05, 0) is 48.0 Å². The van der Waals surface area contributed by atoms with Crippen molar-refractivity contribution in [2.24, 2.45) is 0 Å². The van der Waals surface area contributed by atoms with E-state index in [1.54, 1.807) is 18.2 Å². The molecule has 0 atom stereocenters. The molecule has 182 valence electrons. The van der Waals surface area contributed by atoms with Crippen molar-refractivity contribution in [2.45, 2.75) is 11.4 Å². The molecule has 0 saturated heterocycles. The van der Waals surface area contributed by atoms with Crippen LogP contribution in [0.2, 0.25) is 0 Å². The highest BCUT2D eigenvalue weighted by atomic mass is 32.2. The van der Waals surface area contributed by atoms with Crippen LogP contribution >= 0.6 is 0 Å². The average molecular weight is 501 g/mol. The van der Waals surface area contributed by atoms with E-state index < -0.39 is 28.3 Å². The zero-order valence-corrected chi connectivity index (χ0v) is 19.2. The maximum absolute atomic E-state index is 14.0. The fourth-order valence-electron chi connectivity index (χ4n) is 3.70. The summed E-state index contributed by atoms with van der Waals surface area (Å²) in [5.74, 6) is 0.679. The first kappa shape index (κ1) is 22.8. The van der Waals surface area contributed by atoms with E-state index in [9.17, 15) is 17.6 Å². The summed E-state index contributed by atoms with van der Waals surface area (Å²) in [5, 5.41) is 2.70. The molecule has 1 N–H and O–H groups in total. The van der Waals surface area contributed by atoms with Gasteiger partial charge in [0.1, 0.15) is 25.6 Å². The van der Waals surface area contributed by atoms with Crippen LogP contribution in [-0.2, 0) is 21.4 Å². The zero-order valence-electron chi connectivity index (χ0n) is 18.4. The van der Waals surface area contributed by atoms with Crippen LogP contribution < -0.4 is 28.6 Å². The van der Waals surface area contributed by atoms with Crippen molar-refractivity contribution in [3.8, 4) is 23.0 Å². The van der Waals surface area contributed by atoms with Crippen LogP contribution in [0.15, 0.2) is 65.6 Å². The predicted molar refractivity (Wildman–Crippen MR) is 123 cm³/mol. The van der Waals surface area contributed by atoms with Gasteiger partial charge in [-0.25, -0.2) is 12.8 Å². The summed E-state index contributed by atoms with van der Waals surface area (Å²) in [7, 11) is -4.26. The van der Waals surface area contributed by atoms with E-state index in [-0.39, 0.29) is 36.3 Å². The number of benzene rings is 3. The number of hydrogen-bond donors (Lipinski definition) is 1. The first-order chi connectivity index (χ1) is 16.9. The Bertz CT molecular complexity index is 1380. The topological polar surface area (TPSA) is 103 Å². The smallest absolute Gasteiger partial charge is 0.264 e. The molecule has 2 aliphatic rings. The lowest BCUT2D eigenvalue weighted by molar-refractivity contribution is -0.119. The molecule has 0 radical (unpaired) electrons. The molecule has 1 amide bonds. The number of ether oxygens (including phenoxy) is 4. The van der Waals surface area contributed by atoms with E-state index in [1.165, 1.54) is 36.4 Å². The van der Waals surface area contributed by atoms with Crippen LogP contribution in [0.5, 0.6) is 23.0 Å². The molecule has 0 aliphatic carbocycles. The molecule has 11 heteroatoms. The SMILES string of the molecule is O=C(CN(c1cccc(F)c1)S(=O)(=O)c1ccc2c(c1)OCCO2)NCc1ccc2c(c1)OCO2. The zero-order chi connectivity index (χ0) is 24.4. The number of rotatable bonds is 7. The van der Waals surface area contributed by atoms with Crippen LogP contribution in [0, 0.1) is 5.82 Å². The third kappa shape index (κ3) is 4.80. The molecule has 9 nitrogen and oxygen atoms in total. The van der Waals surface area contributed by atoms with Gasteiger partial charge in [0.05, 0.1) is 10.6 Å². The number of sulfonamides is 1. The molecule has 5 rings (SSSR count). The second kappa shape index (κ2) is 9.34. The van der Waals surface area contributed by atoms with Crippen molar-refractivity contribution in [3.05, 3.63) is 72.0 Å². The number of halogens is 1. The Hall–Kier alpha value is -3.99. The van der Waals surface area contributed by atoms with Crippen LogP contribution in [0.1, 0.15) is 5.56 Å². The number of amides is 1. The first-order valence-electron chi connectivity index (χ1n) is 10.7. The lowest BCUT2D eigenvalue weighted by atomic mass is 10.2. The number of nitrogens with one attached hydrogen (secondary N) is 1. The Balaban J connectivity index is 1.38. The Morgan fingerprint density at radius 2 is 1.60 bits per heavy atom. The monoisotopic (exact) mass is 500 g/mol. The minimum atomic E-state index is -4.26. The Morgan fingerprint density at radius 3 is 2.43 bits per heavy atom. The molecule has 2 heterocycles. The van der Waals surface area contributed by atoms with Crippen LogP contribution in [0.3, 0.4) is 0 Å². The standard InChI is InChI=1S/C24H21FN2O7S/c25-17-2-1-3-18(11-17)27(35(29,30)19-5-7-20-23(12-19)32-9-8-31-20)14-24(28)26-13-16-4-6-21-22(10-16)34-15-33-21/h1-7,10-12H,8-9,13-15H2,(H,26,28). The predicted octanol–water partition coefficient (Wildman–Crippen LogP) is 2.84. The summed E-state index contributed by atoms with van der Waals surface area (Å²) in [6.07, 6.45) is 0. The van der Waals surface area contributed by atoms with Gasteiger partial charge >= 0.3 is 0 Å². The van der Waals surface area contributed by atoms with Gasteiger partial charge in [0.25, 0.3) is 10.0 Å². The summed E-state index contributed by atoms with van der Waals surface area (Å²) in [5.41, 5.74) is 0.757. The Morgan fingerprint density at radius 1 is 0.886 bits per heavy atom. The average Bonchev–Trinajstić information content (AvgIpc) is 3.33. The molecule has 3 aromatic carbocycles. The number of nitrogens with zero attached hydrogens (tertiary/aromatic N) is 1. The summed E-state index contributed by atoms with van der Waals surface area (Å²) in [6.45, 7) is 0.344. The van der Waals surface area contributed by atoms with Crippen molar-refractivity contribution in [1.82, 2.24) is 5.32 Å². The van der Waals surface area contributed by atoms with E-state index in [4.69, 9.17) is 18.9 Å². The van der Waals surface area contributed by atoms with E-state index in [0.717, 1.165) is 15.9 Å². The Labute approximate surface area is 201 Å². The quantitative estimate of drug-likeness (QED) is 0.532. The van der Waals surface area contributed by atoms with Gasteiger partial charge in [-0.15, -0.1) is 0 Å². The molecule has 0 fully saturated rings. The van der Waals surface area contributed by atoms with Crippen LogP contribution in [0.25, 0.3) is 0 Å². The lowest BCUT2D eigenvalue weighted by Crippen LogP contribution is -2.40. The van der Waals surface area contributed by atoms with E-state index >= 15 is 0 Å². The molecule has 0 saturated carbocycles. The third-order valence-corrected chi connectivity index (χ3v) is 7.18. The van der Waals surface area contributed by atoms with Gasteiger partial charge in [0, 0.05) is 12.6 Å². The highest BCUT2D eigenvalue weighted by Gasteiger charge is 2.29.